The summed E-state index contributed by atoms with van der Waals surface area (Å²) in [5, 5.41) is 4.36. The highest BCUT2D eigenvalue weighted by atomic mass is 16.5. The fraction of sp³-hybridized carbons (Fsp3) is 0.267. The number of rotatable bonds is 3. The maximum atomic E-state index is 6.21. The van der Waals surface area contributed by atoms with Crippen LogP contribution in [0.4, 0.5) is 0 Å². The molecule has 0 saturated heterocycles. The van der Waals surface area contributed by atoms with Crippen LogP contribution in [0, 0.1) is 0 Å². The van der Waals surface area contributed by atoms with E-state index >= 15 is 0 Å². The zero-order valence-electron chi connectivity index (χ0n) is 10.7. The van der Waals surface area contributed by atoms with Crippen molar-refractivity contribution < 1.29 is 4.74 Å². The molecule has 3 rings (SSSR count). The standard InChI is InChI=1S/C15H17N3O/c16-15(14-8-4-5-9-19-14)12-10-17-18(11-12)13-6-2-1-3-7-13/h1-3,6-8,10-11,15H,4-5,9,16H2. The summed E-state index contributed by atoms with van der Waals surface area (Å²) in [6.07, 6.45) is 7.94. The predicted molar refractivity (Wildman–Crippen MR) is 73.8 cm³/mol. The number of para-hydroxylation sites is 1. The fourth-order valence-corrected chi connectivity index (χ4v) is 2.18. The number of allylic oxidation sites excluding steroid dienone is 1. The van der Waals surface area contributed by atoms with Crippen LogP contribution in [0.15, 0.2) is 54.6 Å². The SMILES string of the molecule is NC(C1=CCCCO1)c1cnn(-c2ccccc2)c1. The van der Waals surface area contributed by atoms with E-state index in [4.69, 9.17) is 10.5 Å². The summed E-state index contributed by atoms with van der Waals surface area (Å²) in [5.74, 6) is 0.860. The van der Waals surface area contributed by atoms with Gasteiger partial charge in [-0.25, -0.2) is 4.68 Å². The van der Waals surface area contributed by atoms with Crippen LogP contribution in [0.25, 0.3) is 5.69 Å². The van der Waals surface area contributed by atoms with Gasteiger partial charge in [-0.2, -0.15) is 5.10 Å². The van der Waals surface area contributed by atoms with Gasteiger partial charge in [0.25, 0.3) is 0 Å². The maximum absolute atomic E-state index is 6.21. The van der Waals surface area contributed by atoms with Gasteiger partial charge in [0.15, 0.2) is 0 Å². The Morgan fingerprint density at radius 1 is 1.26 bits per heavy atom. The molecule has 0 radical (unpaired) electrons. The molecule has 2 aromatic rings. The molecule has 19 heavy (non-hydrogen) atoms. The van der Waals surface area contributed by atoms with Crippen LogP contribution in [0.2, 0.25) is 0 Å². The molecule has 0 fully saturated rings. The van der Waals surface area contributed by atoms with Gasteiger partial charge in [-0.15, -0.1) is 0 Å². The number of benzene rings is 1. The van der Waals surface area contributed by atoms with Gasteiger partial charge in [-0.1, -0.05) is 18.2 Å². The van der Waals surface area contributed by atoms with Crippen molar-refractivity contribution in [2.75, 3.05) is 6.61 Å². The van der Waals surface area contributed by atoms with E-state index < -0.39 is 0 Å². The molecule has 4 nitrogen and oxygen atoms in total. The van der Waals surface area contributed by atoms with E-state index in [2.05, 4.69) is 11.2 Å². The van der Waals surface area contributed by atoms with Crippen LogP contribution in [-0.4, -0.2) is 16.4 Å². The molecule has 2 N–H and O–H groups in total. The Morgan fingerprint density at radius 3 is 2.84 bits per heavy atom. The van der Waals surface area contributed by atoms with Crippen LogP contribution in [-0.2, 0) is 4.74 Å². The third kappa shape index (κ3) is 2.53. The van der Waals surface area contributed by atoms with Crippen molar-refractivity contribution in [3.8, 4) is 5.69 Å². The minimum absolute atomic E-state index is 0.224. The number of hydrogen-bond donors (Lipinski definition) is 1. The highest BCUT2D eigenvalue weighted by Crippen LogP contribution is 2.24. The second-order valence-electron chi connectivity index (χ2n) is 4.63. The predicted octanol–water partition coefficient (Wildman–Crippen LogP) is 2.57. The van der Waals surface area contributed by atoms with Crippen molar-refractivity contribution in [2.45, 2.75) is 18.9 Å². The minimum Gasteiger partial charge on any atom is -0.496 e. The van der Waals surface area contributed by atoms with Gasteiger partial charge in [0.1, 0.15) is 5.76 Å². The summed E-state index contributed by atoms with van der Waals surface area (Å²) >= 11 is 0. The molecule has 1 aromatic carbocycles. The van der Waals surface area contributed by atoms with Gasteiger partial charge in [-0.05, 0) is 31.1 Å². The van der Waals surface area contributed by atoms with Crippen molar-refractivity contribution in [1.82, 2.24) is 9.78 Å². The van der Waals surface area contributed by atoms with E-state index in [1.165, 1.54) is 0 Å². The lowest BCUT2D eigenvalue weighted by molar-refractivity contribution is 0.176. The molecule has 1 atom stereocenters. The third-order valence-electron chi connectivity index (χ3n) is 3.25. The molecular formula is C15H17N3O. The van der Waals surface area contributed by atoms with Gasteiger partial charge < -0.3 is 10.5 Å². The molecule has 1 aromatic heterocycles. The Hall–Kier alpha value is -2.07. The lowest BCUT2D eigenvalue weighted by atomic mass is 10.1. The van der Waals surface area contributed by atoms with Gasteiger partial charge in [0.2, 0.25) is 0 Å². The fourth-order valence-electron chi connectivity index (χ4n) is 2.18. The monoisotopic (exact) mass is 255 g/mol. The quantitative estimate of drug-likeness (QED) is 0.917. The molecule has 0 aliphatic carbocycles. The lowest BCUT2D eigenvalue weighted by Crippen LogP contribution is -2.17. The molecule has 4 heteroatoms. The van der Waals surface area contributed by atoms with E-state index in [1.54, 1.807) is 6.20 Å². The highest BCUT2D eigenvalue weighted by molar-refractivity contribution is 5.32. The second-order valence-corrected chi connectivity index (χ2v) is 4.63. The van der Waals surface area contributed by atoms with Crippen LogP contribution in [0.1, 0.15) is 24.4 Å². The molecule has 0 amide bonds. The third-order valence-corrected chi connectivity index (χ3v) is 3.25. The molecule has 98 valence electrons. The maximum Gasteiger partial charge on any atom is 0.113 e. The minimum atomic E-state index is -0.224. The molecule has 0 bridgehead atoms. The van der Waals surface area contributed by atoms with Crippen molar-refractivity contribution in [2.24, 2.45) is 5.73 Å². The zero-order valence-corrected chi connectivity index (χ0v) is 10.7. The summed E-state index contributed by atoms with van der Waals surface area (Å²) in [5.41, 5.74) is 8.21. The topological polar surface area (TPSA) is 53.1 Å². The van der Waals surface area contributed by atoms with Crippen LogP contribution < -0.4 is 5.73 Å². The number of hydrogen-bond acceptors (Lipinski definition) is 3. The van der Waals surface area contributed by atoms with Gasteiger partial charge >= 0.3 is 0 Å². The summed E-state index contributed by atoms with van der Waals surface area (Å²) < 4.78 is 7.44. The number of ether oxygens (including phenoxy) is 1. The lowest BCUT2D eigenvalue weighted by Gasteiger charge is -2.19. The van der Waals surface area contributed by atoms with Crippen LogP contribution in [0.3, 0.4) is 0 Å². The molecule has 0 saturated carbocycles. The number of aromatic nitrogens is 2. The van der Waals surface area contributed by atoms with E-state index in [0.717, 1.165) is 36.5 Å². The van der Waals surface area contributed by atoms with E-state index in [9.17, 15) is 0 Å². The first-order valence-electron chi connectivity index (χ1n) is 6.53. The summed E-state index contributed by atoms with van der Waals surface area (Å²) in [4.78, 5) is 0. The molecular weight excluding hydrogens is 238 g/mol. The Labute approximate surface area is 112 Å². The van der Waals surface area contributed by atoms with Crippen molar-refractivity contribution in [3.05, 3.63) is 60.1 Å². The van der Waals surface area contributed by atoms with E-state index in [0.29, 0.717) is 0 Å². The van der Waals surface area contributed by atoms with E-state index in [-0.39, 0.29) is 6.04 Å². The summed E-state index contributed by atoms with van der Waals surface area (Å²) in [7, 11) is 0. The molecule has 2 heterocycles. The first-order chi connectivity index (χ1) is 9.34. The Bertz CT molecular complexity index is 574. The van der Waals surface area contributed by atoms with Crippen molar-refractivity contribution >= 4 is 0 Å². The van der Waals surface area contributed by atoms with Gasteiger partial charge in [-0.3, -0.25) is 0 Å². The summed E-state index contributed by atoms with van der Waals surface area (Å²) in [6, 6.07) is 9.77. The van der Waals surface area contributed by atoms with E-state index in [1.807, 2.05) is 41.2 Å². The van der Waals surface area contributed by atoms with Crippen molar-refractivity contribution in [3.63, 3.8) is 0 Å². The largest absolute Gasteiger partial charge is 0.496 e. The average Bonchev–Trinajstić information content (AvgIpc) is 2.98. The zero-order chi connectivity index (χ0) is 13.1. The highest BCUT2D eigenvalue weighted by Gasteiger charge is 2.17. The first-order valence-corrected chi connectivity index (χ1v) is 6.53. The van der Waals surface area contributed by atoms with Crippen LogP contribution in [0.5, 0.6) is 0 Å². The average molecular weight is 255 g/mol. The smallest absolute Gasteiger partial charge is 0.113 e. The molecule has 1 unspecified atom stereocenters. The van der Waals surface area contributed by atoms with Crippen LogP contribution >= 0.6 is 0 Å². The molecule has 1 aliphatic heterocycles. The number of nitrogens with zero attached hydrogens (tertiary/aromatic N) is 2. The summed E-state index contributed by atoms with van der Waals surface area (Å²) in [6.45, 7) is 0.756. The Balaban J connectivity index is 1.83. The molecule has 1 aliphatic rings. The molecule has 0 spiro atoms. The van der Waals surface area contributed by atoms with Gasteiger partial charge in [0.05, 0.1) is 24.5 Å². The Morgan fingerprint density at radius 2 is 2.11 bits per heavy atom. The number of nitrogens with two attached hydrogens (primary N) is 1. The normalized spacial score (nSPS) is 16.6. The van der Waals surface area contributed by atoms with Gasteiger partial charge in [0, 0.05) is 11.8 Å². The Kier molecular flexibility index (Phi) is 3.33. The van der Waals surface area contributed by atoms with Crippen molar-refractivity contribution in [1.29, 1.82) is 0 Å². The second kappa shape index (κ2) is 5.28. The first kappa shape index (κ1) is 12.0.